The number of anilines is 6. The van der Waals surface area contributed by atoms with E-state index in [0.717, 1.165) is 56.5 Å². The van der Waals surface area contributed by atoms with Gasteiger partial charge in [-0.25, -0.2) is 0 Å². The summed E-state index contributed by atoms with van der Waals surface area (Å²) >= 11 is 0. The molecule has 2 aromatic heterocycles. The molecule has 2 aliphatic heterocycles. The van der Waals surface area contributed by atoms with Gasteiger partial charge >= 0.3 is 0 Å². The molecule has 11 aromatic carbocycles. The van der Waals surface area contributed by atoms with E-state index in [1.165, 1.54) is 92.2 Å². The Morgan fingerprint density at radius 2 is 0.667 bits per heavy atom. The highest BCUT2D eigenvalue weighted by atomic mass is 16.4. The maximum absolute atomic E-state index is 7.30. The monoisotopic (exact) mass is 884 g/mol. The van der Waals surface area contributed by atoms with Gasteiger partial charge in [0.15, 0.2) is 0 Å². The molecule has 326 valence electrons. The van der Waals surface area contributed by atoms with Crippen molar-refractivity contribution in [3.63, 3.8) is 0 Å². The Kier molecular flexibility index (Phi) is 7.95. The van der Waals surface area contributed by atoms with E-state index in [0.29, 0.717) is 11.8 Å². The summed E-state index contributed by atoms with van der Waals surface area (Å²) in [6.45, 7) is 8.93. The highest BCUT2D eigenvalue weighted by Crippen LogP contribution is 2.50. The molecule has 0 fully saturated rings. The zero-order chi connectivity index (χ0) is 45.8. The second kappa shape index (κ2) is 14.1. The fourth-order valence-electron chi connectivity index (χ4n) is 12.3. The summed E-state index contributed by atoms with van der Waals surface area (Å²) in [5, 5.41) is 17.2. The number of nitrogens with zero attached hydrogens (tertiary/aromatic N) is 2. The third-order valence-electron chi connectivity index (χ3n) is 15.6. The van der Waals surface area contributed by atoms with Crippen LogP contribution in [0.15, 0.2) is 197 Å². The van der Waals surface area contributed by atoms with E-state index in [1.54, 1.807) is 0 Å². The van der Waals surface area contributed by atoms with Crippen LogP contribution in [0.1, 0.15) is 50.7 Å². The van der Waals surface area contributed by atoms with Gasteiger partial charge in [-0.15, -0.1) is 0 Å². The summed E-state index contributed by atoms with van der Waals surface area (Å²) in [4.78, 5) is 4.82. The van der Waals surface area contributed by atoms with Crippen molar-refractivity contribution in [1.29, 1.82) is 0 Å². The standard InChI is InChI=1S/C64H45BN2O2/c1-36(2)38-24-30-58-54(32-38)60-63(68-58)66(40-26-28-50-46-18-7-5-14-42(46)44-16-9-11-20-48(44)52(50)34-40)56-22-13-23-57-62(56)65(60)61-55-33-39(37(3)4)25-31-59(55)69-64(61)67(57)41-27-29-51-47-19-8-6-15-43(47)45-17-10-12-21-49(45)53(51)35-41/h5-37H,1-4H3. The molecular weight excluding hydrogens is 840 g/mol. The van der Waals surface area contributed by atoms with Crippen LogP contribution in [0, 0.1) is 0 Å². The summed E-state index contributed by atoms with van der Waals surface area (Å²) in [5.74, 6) is 2.38. The van der Waals surface area contributed by atoms with Crippen LogP contribution in [0.2, 0.25) is 0 Å². The van der Waals surface area contributed by atoms with Gasteiger partial charge in [0.2, 0.25) is 11.8 Å². The quantitative estimate of drug-likeness (QED) is 0.130. The molecule has 0 spiro atoms. The Balaban J connectivity index is 1.06. The van der Waals surface area contributed by atoms with E-state index in [2.05, 4.69) is 226 Å². The van der Waals surface area contributed by atoms with Gasteiger partial charge in [0.05, 0.1) is 0 Å². The third-order valence-corrected chi connectivity index (χ3v) is 15.6. The number of fused-ring (bicyclic) bond motifs is 20. The van der Waals surface area contributed by atoms with Crippen molar-refractivity contribution in [2.24, 2.45) is 0 Å². The third kappa shape index (κ3) is 5.30. The molecule has 0 N–H and O–H groups in total. The second-order valence-electron chi connectivity index (χ2n) is 19.9. The first-order valence-corrected chi connectivity index (χ1v) is 24.4. The van der Waals surface area contributed by atoms with E-state index >= 15 is 0 Å². The lowest BCUT2D eigenvalue weighted by molar-refractivity contribution is 0.621. The minimum Gasteiger partial charge on any atom is -0.440 e. The van der Waals surface area contributed by atoms with Gasteiger partial charge in [0, 0.05) is 44.4 Å². The van der Waals surface area contributed by atoms with Gasteiger partial charge < -0.3 is 8.83 Å². The van der Waals surface area contributed by atoms with E-state index in [9.17, 15) is 0 Å². The first-order valence-electron chi connectivity index (χ1n) is 24.4. The van der Waals surface area contributed by atoms with Gasteiger partial charge in [-0.2, -0.15) is 0 Å². The predicted molar refractivity (Wildman–Crippen MR) is 293 cm³/mol. The van der Waals surface area contributed by atoms with Crippen LogP contribution in [0.5, 0.6) is 0 Å². The summed E-state index contributed by atoms with van der Waals surface area (Å²) in [6.07, 6.45) is 0. The number of hydrogen-bond acceptors (Lipinski definition) is 4. The Labute approximate surface area is 399 Å². The normalized spacial score (nSPS) is 13.4. The van der Waals surface area contributed by atoms with E-state index in [4.69, 9.17) is 8.83 Å². The van der Waals surface area contributed by atoms with Gasteiger partial charge in [0.1, 0.15) is 11.2 Å². The fourth-order valence-corrected chi connectivity index (χ4v) is 12.3. The molecule has 0 saturated carbocycles. The summed E-state index contributed by atoms with van der Waals surface area (Å²) < 4.78 is 14.6. The minimum atomic E-state index is -0.184. The number of furan rings is 2. The molecule has 0 unspecified atom stereocenters. The van der Waals surface area contributed by atoms with Crippen LogP contribution in [-0.2, 0) is 0 Å². The van der Waals surface area contributed by atoms with Crippen LogP contribution < -0.4 is 26.2 Å². The largest absolute Gasteiger partial charge is 0.440 e. The molecule has 0 amide bonds. The SMILES string of the molecule is CC(C)c1ccc2oc3c(c2c1)B1c2c(cccc2N(c2ccc4c5ccccc5c5ccccc5c4c2)c2oc4ccc(C(C)C)cc4c21)N3c1ccc2c3ccccc3c3ccccc3c2c1. The van der Waals surface area contributed by atoms with Crippen molar-refractivity contribution in [1.82, 2.24) is 0 Å². The van der Waals surface area contributed by atoms with E-state index < -0.39 is 0 Å². The molecule has 0 saturated heterocycles. The molecule has 15 rings (SSSR count). The second-order valence-corrected chi connectivity index (χ2v) is 19.9. The minimum absolute atomic E-state index is 0.184. The molecule has 4 nitrogen and oxygen atoms in total. The number of hydrogen-bond donors (Lipinski definition) is 0. The highest BCUT2D eigenvalue weighted by molar-refractivity contribution is 7.02. The molecule has 69 heavy (non-hydrogen) atoms. The zero-order valence-electron chi connectivity index (χ0n) is 38.8. The lowest BCUT2D eigenvalue weighted by Crippen LogP contribution is -2.60. The summed E-state index contributed by atoms with van der Waals surface area (Å²) in [7, 11) is 0. The average molecular weight is 885 g/mol. The average Bonchev–Trinajstić information content (AvgIpc) is 3.97. The van der Waals surface area contributed by atoms with Gasteiger partial charge in [-0.05, 0) is 154 Å². The fraction of sp³-hybridized carbons (Fsp3) is 0.0938. The first kappa shape index (κ1) is 38.8. The van der Waals surface area contributed by atoms with Crippen molar-refractivity contribution in [2.45, 2.75) is 39.5 Å². The van der Waals surface area contributed by atoms with Gasteiger partial charge in [-0.1, -0.05) is 155 Å². The first-order chi connectivity index (χ1) is 33.9. The van der Waals surface area contributed by atoms with Crippen molar-refractivity contribution in [3.05, 3.63) is 199 Å². The zero-order valence-corrected chi connectivity index (χ0v) is 38.8. The van der Waals surface area contributed by atoms with Crippen LogP contribution in [0.4, 0.5) is 34.5 Å². The van der Waals surface area contributed by atoms with Crippen molar-refractivity contribution >= 4 is 144 Å². The van der Waals surface area contributed by atoms with Crippen LogP contribution in [0.25, 0.3) is 86.6 Å². The van der Waals surface area contributed by atoms with E-state index in [1.807, 2.05) is 0 Å². The van der Waals surface area contributed by atoms with Crippen LogP contribution >= 0.6 is 0 Å². The molecule has 4 heterocycles. The van der Waals surface area contributed by atoms with Crippen molar-refractivity contribution < 1.29 is 8.83 Å². The van der Waals surface area contributed by atoms with Crippen LogP contribution in [-0.4, -0.2) is 6.71 Å². The number of rotatable bonds is 4. The summed E-state index contributed by atoms with van der Waals surface area (Å²) in [6, 6.07) is 69.8. The molecular formula is C64H45BN2O2. The Hall–Kier alpha value is -8.28. The molecule has 5 heteroatoms. The topological polar surface area (TPSA) is 32.8 Å². The van der Waals surface area contributed by atoms with Gasteiger partial charge in [0.25, 0.3) is 6.71 Å². The predicted octanol–water partition coefficient (Wildman–Crippen LogP) is 16.4. The Morgan fingerprint density at radius 1 is 0.319 bits per heavy atom. The number of benzene rings is 11. The molecule has 0 radical (unpaired) electrons. The Bertz CT molecular complexity index is 4020. The Morgan fingerprint density at radius 3 is 1.03 bits per heavy atom. The smallest absolute Gasteiger partial charge is 0.262 e. The van der Waals surface area contributed by atoms with Crippen molar-refractivity contribution in [2.75, 3.05) is 9.80 Å². The lowest BCUT2D eigenvalue weighted by Gasteiger charge is -2.40. The van der Waals surface area contributed by atoms with E-state index in [-0.39, 0.29) is 6.71 Å². The molecule has 0 aliphatic carbocycles. The van der Waals surface area contributed by atoms with Crippen LogP contribution in [0.3, 0.4) is 0 Å². The summed E-state index contributed by atoms with van der Waals surface area (Å²) in [5.41, 5.74) is 12.2. The highest BCUT2D eigenvalue weighted by Gasteiger charge is 2.48. The molecule has 0 atom stereocenters. The molecule has 13 aromatic rings. The lowest BCUT2D eigenvalue weighted by atomic mass is 9.33. The maximum Gasteiger partial charge on any atom is 0.262 e. The molecule has 0 bridgehead atoms. The van der Waals surface area contributed by atoms with Gasteiger partial charge in [-0.3, -0.25) is 9.80 Å². The van der Waals surface area contributed by atoms with Crippen molar-refractivity contribution in [3.8, 4) is 0 Å². The molecule has 2 aliphatic rings. The maximum atomic E-state index is 7.30.